The largest absolute Gasteiger partial charge is 0.443 e. The number of hydrogen-bond donors (Lipinski definition) is 2. The van der Waals surface area contributed by atoms with Crippen LogP contribution < -0.4 is 15.5 Å². The topological polar surface area (TPSA) is 144 Å². The van der Waals surface area contributed by atoms with Crippen molar-refractivity contribution in [2.75, 3.05) is 16.5 Å². The van der Waals surface area contributed by atoms with Gasteiger partial charge in [0.1, 0.15) is 17.2 Å². The van der Waals surface area contributed by atoms with Gasteiger partial charge in [-0.05, 0) is 101 Å². The zero-order chi connectivity index (χ0) is 35.4. The highest BCUT2D eigenvalue weighted by atomic mass is 79.9. The van der Waals surface area contributed by atoms with Gasteiger partial charge in [0.25, 0.3) is 0 Å². The predicted octanol–water partition coefficient (Wildman–Crippen LogP) is 7.55. The third-order valence-electron chi connectivity index (χ3n) is 6.69. The van der Waals surface area contributed by atoms with Crippen LogP contribution in [-0.2, 0) is 30.7 Å². The summed E-state index contributed by atoms with van der Waals surface area (Å²) in [5, 5.41) is 7.22. The molecule has 0 saturated heterocycles. The monoisotopic (exact) mass is 738 g/mol. The van der Waals surface area contributed by atoms with E-state index in [1.807, 2.05) is 12.1 Å². The second-order valence-electron chi connectivity index (χ2n) is 13.1. The average molecular weight is 740 g/mol. The Morgan fingerprint density at radius 3 is 2.12 bits per heavy atom. The minimum absolute atomic E-state index is 0.00776. The number of fused-ring (bicyclic) bond motifs is 1. The lowest BCUT2D eigenvalue weighted by Gasteiger charge is -2.28. The van der Waals surface area contributed by atoms with Crippen molar-refractivity contribution in [1.29, 1.82) is 0 Å². The highest BCUT2D eigenvalue weighted by molar-refractivity contribution is 9.10. The summed E-state index contributed by atoms with van der Waals surface area (Å²) in [6.07, 6.45) is 0.701. The van der Waals surface area contributed by atoms with E-state index in [1.54, 1.807) is 96.1 Å². The molecular weight excluding hydrogens is 700 g/mol. The first kappa shape index (κ1) is 36.3. The van der Waals surface area contributed by atoms with Crippen molar-refractivity contribution in [2.45, 2.75) is 70.2 Å². The van der Waals surface area contributed by atoms with E-state index in [0.717, 1.165) is 15.6 Å². The fourth-order valence-electron chi connectivity index (χ4n) is 4.74. The number of ether oxygens (including phenoxy) is 2. The van der Waals surface area contributed by atoms with E-state index < -0.39 is 45.2 Å². The molecule has 254 valence electrons. The van der Waals surface area contributed by atoms with Gasteiger partial charge in [0, 0.05) is 34.5 Å². The number of nitrogens with one attached hydrogen (secondary N) is 2. The van der Waals surface area contributed by atoms with Crippen LogP contribution in [0, 0.1) is 0 Å². The number of benzene rings is 3. The molecule has 0 bridgehead atoms. The summed E-state index contributed by atoms with van der Waals surface area (Å²) in [6, 6.07) is 19.7. The molecule has 1 atom stereocenters. The lowest BCUT2D eigenvalue weighted by molar-refractivity contribution is -0.122. The third kappa shape index (κ3) is 9.54. The summed E-state index contributed by atoms with van der Waals surface area (Å²) >= 11 is 3.47. The van der Waals surface area contributed by atoms with E-state index in [-0.39, 0.29) is 17.3 Å². The molecule has 0 spiro atoms. The maximum absolute atomic E-state index is 13.7. The Labute approximate surface area is 289 Å². The summed E-state index contributed by atoms with van der Waals surface area (Å²) in [4.78, 5) is 45.6. The van der Waals surface area contributed by atoms with Gasteiger partial charge in [-0.1, -0.05) is 46.3 Å². The molecule has 2 N–H and O–H groups in total. The molecule has 0 fully saturated rings. The van der Waals surface area contributed by atoms with Gasteiger partial charge in [0.05, 0.1) is 4.90 Å². The smallest absolute Gasteiger partial charge is 0.425 e. The number of anilines is 2. The number of aromatic nitrogens is 1. The summed E-state index contributed by atoms with van der Waals surface area (Å²) < 4.78 is 36.5. The molecule has 11 nitrogen and oxygen atoms in total. The molecule has 13 heteroatoms. The molecule has 1 aromatic heterocycles. The Hall–Kier alpha value is -4.49. The summed E-state index contributed by atoms with van der Waals surface area (Å²) in [5.74, 6) is -0.374. The molecule has 1 heterocycles. The lowest BCUT2D eigenvalue weighted by Crippen LogP contribution is -2.44. The fourth-order valence-corrected chi connectivity index (χ4v) is 6.10. The van der Waals surface area contributed by atoms with Gasteiger partial charge in [-0.15, -0.1) is 0 Å². The van der Waals surface area contributed by atoms with Crippen molar-refractivity contribution in [3.05, 3.63) is 94.6 Å². The maximum atomic E-state index is 13.7. The quantitative estimate of drug-likeness (QED) is 0.187. The Balaban J connectivity index is 1.70. The molecule has 3 aromatic carbocycles. The normalized spacial score (nSPS) is 12.6. The molecular formula is C35H39BrN4O7S. The minimum atomic E-state index is -3.51. The fraction of sp³-hybridized carbons (Fsp3) is 0.314. The van der Waals surface area contributed by atoms with Crippen molar-refractivity contribution < 1.29 is 32.3 Å². The number of halogens is 1. The van der Waals surface area contributed by atoms with Crippen molar-refractivity contribution in [2.24, 2.45) is 0 Å². The molecule has 0 aliphatic rings. The minimum Gasteiger partial charge on any atom is -0.443 e. The Morgan fingerprint density at radius 2 is 1.52 bits per heavy atom. The highest BCUT2D eigenvalue weighted by Gasteiger charge is 2.34. The number of amides is 3. The van der Waals surface area contributed by atoms with Crippen LogP contribution in [0.4, 0.5) is 21.1 Å². The first-order chi connectivity index (χ1) is 22.3. The van der Waals surface area contributed by atoms with Crippen LogP contribution >= 0.6 is 15.9 Å². The Kier molecular flexibility index (Phi) is 10.8. The molecule has 4 rings (SSSR count). The van der Waals surface area contributed by atoms with Gasteiger partial charge >= 0.3 is 12.2 Å². The highest BCUT2D eigenvalue weighted by Crippen LogP contribution is 2.31. The van der Waals surface area contributed by atoms with Crippen LogP contribution in [-0.4, -0.2) is 49.0 Å². The van der Waals surface area contributed by atoms with Crippen LogP contribution in [0.3, 0.4) is 0 Å². The number of sulfone groups is 1. The van der Waals surface area contributed by atoms with E-state index in [0.29, 0.717) is 27.6 Å². The Bertz CT molecular complexity index is 1920. The van der Waals surface area contributed by atoms with E-state index in [2.05, 4.69) is 31.5 Å². The van der Waals surface area contributed by atoms with E-state index in [4.69, 9.17) is 9.47 Å². The van der Waals surface area contributed by atoms with Crippen LogP contribution in [0.1, 0.15) is 58.7 Å². The van der Waals surface area contributed by atoms with E-state index in [1.165, 1.54) is 12.3 Å². The van der Waals surface area contributed by atoms with Crippen LogP contribution in [0.15, 0.2) is 88.4 Å². The average Bonchev–Trinajstić information content (AvgIpc) is 2.96. The number of pyridine rings is 1. The van der Waals surface area contributed by atoms with Crippen molar-refractivity contribution in [3.8, 4) is 0 Å². The molecule has 0 saturated carbocycles. The van der Waals surface area contributed by atoms with Gasteiger partial charge in [0.15, 0.2) is 15.7 Å². The summed E-state index contributed by atoms with van der Waals surface area (Å²) in [5.41, 5.74) is -0.124. The van der Waals surface area contributed by atoms with Crippen molar-refractivity contribution in [1.82, 2.24) is 10.3 Å². The first-order valence-corrected chi connectivity index (χ1v) is 17.7. The number of carbonyl (C=O) groups excluding carboxylic acids is 3. The Morgan fingerprint density at radius 1 is 0.875 bits per heavy atom. The molecule has 48 heavy (non-hydrogen) atoms. The molecule has 4 aromatic rings. The second-order valence-corrected chi connectivity index (χ2v) is 16.0. The van der Waals surface area contributed by atoms with E-state index >= 15 is 0 Å². The number of carbonyl (C=O) groups is 3. The van der Waals surface area contributed by atoms with Gasteiger partial charge in [-0.2, -0.15) is 4.90 Å². The number of nitrogens with zero attached hydrogens (tertiary/aromatic N) is 2. The van der Waals surface area contributed by atoms with Crippen LogP contribution in [0.2, 0.25) is 0 Å². The summed E-state index contributed by atoms with van der Waals surface area (Å²) in [7, 11) is -3.51. The number of rotatable bonds is 8. The number of imide groups is 1. The van der Waals surface area contributed by atoms with Crippen LogP contribution in [0.25, 0.3) is 10.8 Å². The molecule has 1 unspecified atom stereocenters. The second kappa shape index (κ2) is 14.3. The SMILES string of the molecule is CC(C)(C)OC(=O)N(C(=O)OC(C)(C)C)c1nccc2cc(NC(C(=O)NCc3ccccc3S(C)(=O)=O)c3cccc(Br)c3)ccc12. The predicted molar refractivity (Wildman–Crippen MR) is 189 cm³/mol. The molecule has 0 aliphatic heterocycles. The molecule has 3 amide bonds. The third-order valence-corrected chi connectivity index (χ3v) is 8.38. The molecule has 0 radical (unpaired) electrons. The standard InChI is InChI=1S/C35H39BrN4O7S/c1-34(2,3)46-32(42)40(33(43)47-35(4,5)6)30-27-16-15-26(20-22(27)17-18-37-30)39-29(23-12-10-13-25(36)19-23)31(41)38-21-24-11-8-9-14-28(24)48(7,44)45/h8-20,29,39H,21H2,1-7H3,(H,38,41). The van der Waals surface area contributed by atoms with Gasteiger partial charge in [-0.25, -0.2) is 23.0 Å². The summed E-state index contributed by atoms with van der Waals surface area (Å²) in [6.45, 7) is 10.1. The lowest BCUT2D eigenvalue weighted by atomic mass is 10.0. The number of hydrogen-bond acceptors (Lipinski definition) is 9. The zero-order valence-electron chi connectivity index (χ0n) is 27.8. The van der Waals surface area contributed by atoms with Crippen LogP contribution in [0.5, 0.6) is 0 Å². The van der Waals surface area contributed by atoms with Gasteiger partial charge in [0.2, 0.25) is 5.91 Å². The molecule has 0 aliphatic carbocycles. The zero-order valence-corrected chi connectivity index (χ0v) is 30.2. The maximum Gasteiger partial charge on any atom is 0.425 e. The first-order valence-electron chi connectivity index (χ1n) is 15.0. The van der Waals surface area contributed by atoms with Crippen molar-refractivity contribution >= 4 is 66.1 Å². The van der Waals surface area contributed by atoms with Gasteiger partial charge in [-0.3, -0.25) is 4.79 Å². The van der Waals surface area contributed by atoms with E-state index in [9.17, 15) is 22.8 Å². The van der Waals surface area contributed by atoms with Crippen molar-refractivity contribution in [3.63, 3.8) is 0 Å². The van der Waals surface area contributed by atoms with Gasteiger partial charge < -0.3 is 20.1 Å².